The molecule has 1 N–H and O–H groups in total. The van der Waals surface area contributed by atoms with Gasteiger partial charge in [-0.15, -0.1) is 0 Å². The van der Waals surface area contributed by atoms with Crippen molar-refractivity contribution < 1.29 is 0 Å². The fourth-order valence-corrected chi connectivity index (χ4v) is 0.250. The van der Waals surface area contributed by atoms with Crippen molar-refractivity contribution in [2.24, 2.45) is 0 Å². The minimum absolute atomic E-state index is 1.41. The lowest BCUT2D eigenvalue weighted by molar-refractivity contribution is 1.10. The third-order valence-electron chi connectivity index (χ3n) is 0.545. The highest BCUT2D eigenvalue weighted by Gasteiger charge is 1.58. The highest BCUT2D eigenvalue weighted by atomic mass is 14.8. The second-order valence-corrected chi connectivity index (χ2v) is 1.14. The summed E-state index contributed by atoms with van der Waals surface area (Å²) in [6.45, 7) is 0. The summed E-state index contributed by atoms with van der Waals surface area (Å²) >= 11 is 0. The number of nitrogens with one attached hydrogen (secondary N) is 1. The van der Waals surface area contributed by atoms with Gasteiger partial charge in [0.05, 0.1) is 6.07 Å². The Morgan fingerprint density at radius 1 is 1.50 bits per heavy atom. The van der Waals surface area contributed by atoms with Crippen molar-refractivity contribution in [3.8, 4) is 6.07 Å². The molecule has 0 fully saturated rings. The van der Waals surface area contributed by atoms with E-state index in [9.17, 15) is 0 Å². The zero-order valence-corrected chi connectivity index (χ0v) is 4.76. The van der Waals surface area contributed by atoms with Crippen molar-refractivity contribution in [1.82, 2.24) is 5.32 Å². The molecule has 0 saturated carbocycles. The van der Waals surface area contributed by atoms with E-state index in [1.807, 2.05) is 6.07 Å². The van der Waals surface area contributed by atoms with Gasteiger partial charge in [0, 0.05) is 13.1 Å². The zero-order valence-electron chi connectivity index (χ0n) is 4.76. The summed E-state index contributed by atoms with van der Waals surface area (Å²) in [6, 6.07) is 1.87. The lowest BCUT2D eigenvalue weighted by Gasteiger charge is -1.77. The maximum atomic E-state index is 7.97. The summed E-state index contributed by atoms with van der Waals surface area (Å²) in [5.74, 6) is 0. The van der Waals surface area contributed by atoms with Crippen LogP contribution in [0.2, 0.25) is 0 Å². The molecule has 0 aromatic heterocycles. The highest BCUT2D eigenvalue weighted by molar-refractivity contribution is 5.10. The van der Waals surface area contributed by atoms with E-state index in [2.05, 4.69) is 5.32 Å². The molecule has 0 rings (SSSR count). The molecule has 0 heterocycles. The van der Waals surface area contributed by atoms with Crippen molar-refractivity contribution in [2.45, 2.75) is 0 Å². The SMILES string of the molecule is CN/C=C\C=C/C#N. The van der Waals surface area contributed by atoms with Crippen molar-refractivity contribution in [2.75, 3.05) is 7.05 Å². The molecule has 0 bridgehead atoms. The predicted molar refractivity (Wildman–Crippen MR) is 33.0 cm³/mol. The Hall–Kier alpha value is -1.23. The van der Waals surface area contributed by atoms with Crippen LogP contribution >= 0.6 is 0 Å². The molecule has 0 radical (unpaired) electrons. The number of nitriles is 1. The summed E-state index contributed by atoms with van der Waals surface area (Å²) in [5.41, 5.74) is 0. The molecule has 8 heavy (non-hydrogen) atoms. The molecule has 42 valence electrons. The monoisotopic (exact) mass is 108 g/mol. The van der Waals surface area contributed by atoms with Crippen LogP contribution in [0.4, 0.5) is 0 Å². The van der Waals surface area contributed by atoms with Crippen molar-refractivity contribution >= 4 is 0 Å². The topological polar surface area (TPSA) is 35.8 Å². The van der Waals surface area contributed by atoms with Crippen molar-refractivity contribution in [3.63, 3.8) is 0 Å². The van der Waals surface area contributed by atoms with Crippen LogP contribution in [-0.4, -0.2) is 7.05 Å². The van der Waals surface area contributed by atoms with E-state index in [4.69, 9.17) is 5.26 Å². The zero-order chi connectivity index (χ0) is 6.24. The first kappa shape index (κ1) is 6.77. The van der Waals surface area contributed by atoms with Crippen LogP contribution in [0.5, 0.6) is 0 Å². The quantitative estimate of drug-likeness (QED) is 0.419. The van der Waals surface area contributed by atoms with E-state index in [0.29, 0.717) is 0 Å². The molecule has 0 aliphatic carbocycles. The van der Waals surface area contributed by atoms with Crippen LogP contribution in [-0.2, 0) is 0 Å². The third kappa shape index (κ3) is 4.77. The second-order valence-electron chi connectivity index (χ2n) is 1.14. The molecule has 0 aromatic carbocycles. The van der Waals surface area contributed by atoms with Crippen LogP contribution < -0.4 is 5.32 Å². The Morgan fingerprint density at radius 2 is 2.25 bits per heavy atom. The highest BCUT2D eigenvalue weighted by Crippen LogP contribution is 1.70. The van der Waals surface area contributed by atoms with Crippen LogP contribution in [0.15, 0.2) is 24.4 Å². The molecular formula is C6H8N2. The van der Waals surface area contributed by atoms with Gasteiger partial charge in [0.25, 0.3) is 0 Å². The minimum Gasteiger partial charge on any atom is -0.394 e. The van der Waals surface area contributed by atoms with Crippen molar-refractivity contribution in [3.05, 3.63) is 24.4 Å². The van der Waals surface area contributed by atoms with Gasteiger partial charge in [-0.25, -0.2) is 0 Å². The first-order valence-corrected chi connectivity index (χ1v) is 2.30. The lowest BCUT2D eigenvalue weighted by atomic mass is 10.5. The van der Waals surface area contributed by atoms with Gasteiger partial charge in [-0.3, -0.25) is 0 Å². The van der Waals surface area contributed by atoms with Gasteiger partial charge >= 0.3 is 0 Å². The fourth-order valence-electron chi connectivity index (χ4n) is 0.250. The van der Waals surface area contributed by atoms with E-state index >= 15 is 0 Å². The average molecular weight is 108 g/mol. The summed E-state index contributed by atoms with van der Waals surface area (Å²) in [4.78, 5) is 0. The van der Waals surface area contributed by atoms with Crippen LogP contribution in [0.3, 0.4) is 0 Å². The van der Waals surface area contributed by atoms with Gasteiger partial charge in [-0.1, -0.05) is 6.08 Å². The maximum absolute atomic E-state index is 7.97. The van der Waals surface area contributed by atoms with E-state index in [1.165, 1.54) is 6.08 Å². The normalized spacial score (nSPS) is 10.0. The Morgan fingerprint density at radius 3 is 2.75 bits per heavy atom. The van der Waals surface area contributed by atoms with Crippen molar-refractivity contribution in [1.29, 1.82) is 5.26 Å². The number of allylic oxidation sites excluding steroid dienone is 3. The van der Waals surface area contributed by atoms with Gasteiger partial charge in [-0.05, 0) is 12.3 Å². The van der Waals surface area contributed by atoms with Gasteiger partial charge in [0.15, 0.2) is 0 Å². The van der Waals surface area contributed by atoms with Crippen LogP contribution in [0.25, 0.3) is 0 Å². The van der Waals surface area contributed by atoms with E-state index < -0.39 is 0 Å². The van der Waals surface area contributed by atoms with Gasteiger partial charge < -0.3 is 5.32 Å². The van der Waals surface area contributed by atoms with E-state index in [0.717, 1.165) is 0 Å². The van der Waals surface area contributed by atoms with E-state index in [-0.39, 0.29) is 0 Å². The third-order valence-corrected chi connectivity index (χ3v) is 0.545. The maximum Gasteiger partial charge on any atom is 0.0912 e. The number of hydrogen-bond donors (Lipinski definition) is 1. The predicted octanol–water partition coefficient (Wildman–Crippen LogP) is 0.799. The number of rotatable bonds is 2. The van der Waals surface area contributed by atoms with Crippen LogP contribution in [0, 0.1) is 11.3 Å². The molecule has 0 aliphatic heterocycles. The van der Waals surface area contributed by atoms with Gasteiger partial charge in [0.1, 0.15) is 0 Å². The molecule has 0 aromatic rings. The first-order valence-electron chi connectivity index (χ1n) is 2.30. The Kier molecular flexibility index (Phi) is 4.88. The standard InChI is InChI=1S/C6H8N2/c1-8-6-4-2-3-5-7/h2-4,6,8H,1H3/b3-2-,6-4-. The first-order chi connectivity index (χ1) is 3.91. The smallest absolute Gasteiger partial charge is 0.0912 e. The lowest BCUT2D eigenvalue weighted by Crippen LogP contribution is -1.89. The van der Waals surface area contributed by atoms with E-state index in [1.54, 1.807) is 25.4 Å². The second kappa shape index (κ2) is 5.77. The summed E-state index contributed by atoms with van der Waals surface area (Å²) in [6.07, 6.45) is 6.57. The number of hydrogen-bond acceptors (Lipinski definition) is 2. The fraction of sp³-hybridized carbons (Fsp3) is 0.167. The summed E-state index contributed by atoms with van der Waals surface area (Å²) < 4.78 is 0. The molecule has 2 nitrogen and oxygen atoms in total. The van der Waals surface area contributed by atoms with Gasteiger partial charge in [0.2, 0.25) is 0 Å². The Labute approximate surface area is 49.1 Å². The molecule has 0 spiro atoms. The summed E-state index contributed by atoms with van der Waals surface area (Å²) in [7, 11) is 1.80. The number of nitrogens with zero attached hydrogens (tertiary/aromatic N) is 1. The molecule has 0 amide bonds. The van der Waals surface area contributed by atoms with Gasteiger partial charge in [-0.2, -0.15) is 5.26 Å². The Bertz CT molecular complexity index is 128. The Balaban J connectivity index is 3.31. The summed E-state index contributed by atoms with van der Waals surface area (Å²) in [5, 5.41) is 10.8. The largest absolute Gasteiger partial charge is 0.394 e. The molecular weight excluding hydrogens is 100 g/mol. The van der Waals surface area contributed by atoms with Crippen LogP contribution in [0.1, 0.15) is 0 Å². The minimum atomic E-state index is 1.41. The average Bonchev–Trinajstić information content (AvgIpc) is 1.81. The molecule has 0 atom stereocenters. The molecule has 0 saturated heterocycles. The molecule has 0 aliphatic rings. The molecule has 0 unspecified atom stereocenters. The molecule has 2 heteroatoms.